The molecule has 0 aliphatic rings. The summed E-state index contributed by atoms with van der Waals surface area (Å²) in [7, 11) is 1.56. The van der Waals surface area contributed by atoms with Crippen LogP contribution in [0.25, 0.3) is 0 Å². The topological polar surface area (TPSA) is 74.0 Å². The van der Waals surface area contributed by atoms with E-state index < -0.39 is 36.7 Å². The SMILES string of the molecule is COc1cccc(Cn2cc(NC(=O)Cn3nc(C(F)F)cc3C(F)F)cn2)c1. The number of rotatable bonds is 8. The van der Waals surface area contributed by atoms with Gasteiger partial charge in [0.2, 0.25) is 5.91 Å². The van der Waals surface area contributed by atoms with Crippen molar-refractivity contribution >= 4 is 11.6 Å². The van der Waals surface area contributed by atoms with Gasteiger partial charge >= 0.3 is 0 Å². The van der Waals surface area contributed by atoms with E-state index in [1.165, 1.54) is 6.20 Å². The normalized spacial score (nSPS) is 11.3. The van der Waals surface area contributed by atoms with Gasteiger partial charge in [-0.25, -0.2) is 17.6 Å². The van der Waals surface area contributed by atoms with Gasteiger partial charge in [-0.3, -0.25) is 14.2 Å². The molecule has 11 heteroatoms. The summed E-state index contributed by atoms with van der Waals surface area (Å²) in [6.07, 6.45) is -3.10. The molecule has 0 saturated heterocycles. The number of methoxy groups -OCH3 is 1. The second-order valence-electron chi connectivity index (χ2n) is 6.08. The number of nitrogens with zero attached hydrogens (tertiary/aromatic N) is 4. The molecule has 2 heterocycles. The molecule has 0 unspecified atom stereocenters. The smallest absolute Gasteiger partial charge is 0.282 e. The first kappa shape index (κ1) is 20.4. The molecular weight excluding hydrogens is 394 g/mol. The number of alkyl halides is 4. The van der Waals surface area contributed by atoms with Crippen molar-refractivity contribution in [3.8, 4) is 5.75 Å². The first-order valence-corrected chi connectivity index (χ1v) is 8.45. The molecule has 1 amide bonds. The number of hydrogen-bond donors (Lipinski definition) is 1. The van der Waals surface area contributed by atoms with Crippen LogP contribution in [0.5, 0.6) is 5.75 Å². The van der Waals surface area contributed by atoms with E-state index in [0.29, 0.717) is 28.7 Å². The van der Waals surface area contributed by atoms with Gasteiger partial charge in [0.25, 0.3) is 12.9 Å². The van der Waals surface area contributed by atoms with Gasteiger partial charge < -0.3 is 10.1 Å². The van der Waals surface area contributed by atoms with Crippen molar-refractivity contribution in [2.45, 2.75) is 25.9 Å². The van der Waals surface area contributed by atoms with Crippen molar-refractivity contribution in [3.63, 3.8) is 0 Å². The Bertz CT molecular complexity index is 986. The molecule has 0 fully saturated rings. The van der Waals surface area contributed by atoms with E-state index in [0.717, 1.165) is 5.56 Å². The Balaban J connectivity index is 1.64. The molecular formula is C18H17F4N5O2. The fourth-order valence-electron chi connectivity index (χ4n) is 2.67. The molecule has 7 nitrogen and oxygen atoms in total. The maximum Gasteiger partial charge on any atom is 0.282 e. The molecule has 1 aromatic carbocycles. The summed E-state index contributed by atoms with van der Waals surface area (Å²) < 4.78 is 58.7. The van der Waals surface area contributed by atoms with Crippen LogP contribution in [0, 0.1) is 0 Å². The first-order chi connectivity index (χ1) is 13.9. The predicted octanol–water partition coefficient (Wildman–Crippen LogP) is 3.65. The summed E-state index contributed by atoms with van der Waals surface area (Å²) in [5.74, 6) is -0.00264. The van der Waals surface area contributed by atoms with Gasteiger partial charge in [-0.05, 0) is 23.8 Å². The molecule has 3 aromatic rings. The van der Waals surface area contributed by atoms with E-state index in [4.69, 9.17) is 4.74 Å². The monoisotopic (exact) mass is 411 g/mol. The molecule has 0 radical (unpaired) electrons. The van der Waals surface area contributed by atoms with Gasteiger partial charge in [0.1, 0.15) is 23.7 Å². The van der Waals surface area contributed by atoms with Crippen molar-refractivity contribution in [1.29, 1.82) is 0 Å². The van der Waals surface area contributed by atoms with Crippen LogP contribution in [-0.4, -0.2) is 32.6 Å². The zero-order valence-electron chi connectivity index (χ0n) is 15.2. The van der Waals surface area contributed by atoms with Gasteiger partial charge in [0.15, 0.2) is 0 Å². The molecule has 0 saturated carbocycles. The lowest BCUT2D eigenvalue weighted by atomic mass is 10.2. The van der Waals surface area contributed by atoms with Gasteiger partial charge in [0, 0.05) is 6.20 Å². The lowest BCUT2D eigenvalue weighted by Crippen LogP contribution is -2.21. The van der Waals surface area contributed by atoms with Crippen LogP contribution in [-0.2, 0) is 17.9 Å². The van der Waals surface area contributed by atoms with Crippen LogP contribution in [0.15, 0.2) is 42.7 Å². The minimum atomic E-state index is -3.03. The number of aromatic nitrogens is 4. The van der Waals surface area contributed by atoms with Crippen LogP contribution < -0.4 is 10.1 Å². The maximum absolute atomic E-state index is 13.0. The first-order valence-electron chi connectivity index (χ1n) is 8.45. The summed E-state index contributed by atoms with van der Waals surface area (Å²) in [5.41, 5.74) is -0.302. The average Bonchev–Trinajstić information content (AvgIpc) is 3.29. The Morgan fingerprint density at radius 3 is 2.69 bits per heavy atom. The molecule has 29 heavy (non-hydrogen) atoms. The molecule has 3 rings (SSSR count). The van der Waals surface area contributed by atoms with Crippen LogP contribution in [0.1, 0.15) is 29.8 Å². The highest BCUT2D eigenvalue weighted by atomic mass is 19.3. The molecule has 0 spiro atoms. The summed E-state index contributed by atoms with van der Waals surface area (Å²) >= 11 is 0. The maximum atomic E-state index is 13.0. The number of hydrogen-bond acceptors (Lipinski definition) is 4. The van der Waals surface area contributed by atoms with E-state index >= 15 is 0 Å². The highest BCUT2D eigenvalue weighted by molar-refractivity contribution is 5.90. The number of ether oxygens (including phenoxy) is 1. The number of nitrogens with one attached hydrogen (secondary N) is 1. The average molecular weight is 411 g/mol. The van der Waals surface area contributed by atoms with E-state index in [2.05, 4.69) is 15.5 Å². The number of carbonyl (C=O) groups excluding carboxylic acids is 1. The molecule has 1 N–H and O–H groups in total. The Morgan fingerprint density at radius 2 is 2.00 bits per heavy atom. The van der Waals surface area contributed by atoms with Gasteiger partial charge in [-0.2, -0.15) is 10.2 Å². The summed E-state index contributed by atoms with van der Waals surface area (Å²) in [6.45, 7) is -0.215. The third kappa shape index (κ3) is 5.12. The zero-order chi connectivity index (χ0) is 21.0. The standard InChI is InChI=1S/C18H17F4N5O2/c1-29-13-4-2-3-11(5-13)8-26-9-12(7-23-26)24-16(28)10-27-15(18(21)22)6-14(25-27)17(19)20/h2-7,9,17-18H,8,10H2,1H3,(H,24,28). The van der Waals surface area contributed by atoms with E-state index in [9.17, 15) is 22.4 Å². The van der Waals surface area contributed by atoms with E-state index in [-0.39, 0.29) is 0 Å². The van der Waals surface area contributed by atoms with Crippen molar-refractivity contribution in [3.05, 3.63) is 59.7 Å². The largest absolute Gasteiger partial charge is 0.497 e. The fourth-order valence-corrected chi connectivity index (χ4v) is 2.67. The van der Waals surface area contributed by atoms with Crippen molar-refractivity contribution < 1.29 is 27.1 Å². The Kier molecular flexibility index (Phi) is 6.15. The number of anilines is 1. The molecule has 0 atom stereocenters. The highest BCUT2D eigenvalue weighted by Crippen LogP contribution is 2.25. The van der Waals surface area contributed by atoms with E-state index in [1.54, 1.807) is 24.1 Å². The molecule has 0 bridgehead atoms. The zero-order valence-corrected chi connectivity index (χ0v) is 15.2. The quantitative estimate of drug-likeness (QED) is 0.575. The van der Waals surface area contributed by atoms with E-state index in [1.807, 2.05) is 18.2 Å². The second kappa shape index (κ2) is 8.76. The molecule has 0 aliphatic carbocycles. The minimum Gasteiger partial charge on any atom is -0.497 e. The highest BCUT2D eigenvalue weighted by Gasteiger charge is 2.22. The van der Waals surface area contributed by atoms with Crippen LogP contribution in [0.2, 0.25) is 0 Å². The molecule has 154 valence electrons. The molecule has 0 aliphatic heterocycles. The summed E-state index contributed by atoms with van der Waals surface area (Å²) in [4.78, 5) is 12.1. The number of amides is 1. The lowest BCUT2D eigenvalue weighted by Gasteiger charge is -2.07. The summed E-state index contributed by atoms with van der Waals surface area (Å²) in [5, 5.41) is 9.99. The van der Waals surface area contributed by atoms with Gasteiger partial charge in [-0.15, -0.1) is 0 Å². The predicted molar refractivity (Wildman–Crippen MR) is 95.1 cm³/mol. The van der Waals surface area contributed by atoms with Gasteiger partial charge in [-0.1, -0.05) is 12.1 Å². The lowest BCUT2D eigenvalue weighted by molar-refractivity contribution is -0.117. The van der Waals surface area contributed by atoms with Crippen molar-refractivity contribution in [1.82, 2.24) is 19.6 Å². The van der Waals surface area contributed by atoms with Crippen LogP contribution >= 0.6 is 0 Å². The summed E-state index contributed by atoms with van der Waals surface area (Å²) in [6, 6.07) is 7.95. The number of carbonyl (C=O) groups is 1. The third-order valence-corrected chi connectivity index (χ3v) is 3.97. The van der Waals surface area contributed by atoms with Crippen LogP contribution in [0.3, 0.4) is 0 Å². The third-order valence-electron chi connectivity index (χ3n) is 3.97. The Hall–Kier alpha value is -3.37. The fraction of sp³-hybridized carbons (Fsp3) is 0.278. The number of halogens is 4. The second-order valence-corrected chi connectivity index (χ2v) is 6.08. The molecule has 2 aromatic heterocycles. The van der Waals surface area contributed by atoms with Crippen LogP contribution in [0.4, 0.5) is 23.2 Å². The van der Waals surface area contributed by atoms with Crippen molar-refractivity contribution in [2.75, 3.05) is 12.4 Å². The van der Waals surface area contributed by atoms with Crippen molar-refractivity contribution in [2.24, 2.45) is 0 Å². The minimum absolute atomic E-state index is 0.331. The Morgan fingerprint density at radius 1 is 1.21 bits per heavy atom. The van der Waals surface area contributed by atoms with Gasteiger partial charge in [0.05, 0.1) is 25.5 Å². The number of benzene rings is 1. The Labute approximate surface area is 162 Å².